The van der Waals surface area contributed by atoms with Gasteiger partial charge in [-0.2, -0.15) is 8.78 Å². The number of nitrogens with zero attached hydrogens (tertiary/aromatic N) is 3. The smallest absolute Gasteiger partial charge is 0.387 e. The number of carbonyl (C=O) groups is 2. The molecule has 188 valence electrons. The highest BCUT2D eigenvalue weighted by Crippen LogP contribution is 2.29. The minimum absolute atomic E-state index is 0.0745. The number of para-hydroxylation sites is 3. The molecule has 2 aliphatic rings. The lowest BCUT2D eigenvalue weighted by Gasteiger charge is -2.36. The number of alkyl halides is 2. The molecule has 0 radical (unpaired) electrons. The predicted octanol–water partition coefficient (Wildman–Crippen LogP) is 3.92. The van der Waals surface area contributed by atoms with Crippen LogP contribution < -0.4 is 15.0 Å². The van der Waals surface area contributed by atoms with Crippen LogP contribution in [0.25, 0.3) is 0 Å². The van der Waals surface area contributed by atoms with Gasteiger partial charge in [-0.25, -0.2) is 0 Å². The fourth-order valence-electron chi connectivity index (χ4n) is 4.78. The van der Waals surface area contributed by atoms with Crippen LogP contribution in [0.1, 0.15) is 30.1 Å². The van der Waals surface area contributed by atoms with E-state index in [4.69, 9.17) is 0 Å². The summed E-state index contributed by atoms with van der Waals surface area (Å²) >= 11 is 0. The molecule has 2 aromatic rings. The number of nitrogens with one attached hydrogen (secondary N) is 1. The van der Waals surface area contributed by atoms with Crippen molar-refractivity contribution in [2.75, 3.05) is 56.0 Å². The number of piperidine rings is 1. The maximum Gasteiger partial charge on any atom is 0.387 e. The van der Waals surface area contributed by atoms with Crippen LogP contribution in [0.3, 0.4) is 0 Å². The van der Waals surface area contributed by atoms with Crippen molar-refractivity contribution >= 4 is 23.2 Å². The van der Waals surface area contributed by atoms with E-state index in [2.05, 4.69) is 26.8 Å². The summed E-state index contributed by atoms with van der Waals surface area (Å²) in [6.07, 6.45) is 1.31. The fourth-order valence-corrected chi connectivity index (χ4v) is 4.78. The van der Waals surface area contributed by atoms with Gasteiger partial charge in [0.25, 0.3) is 5.91 Å². The molecule has 2 aromatic carbocycles. The van der Waals surface area contributed by atoms with Crippen molar-refractivity contribution in [3.05, 3.63) is 54.1 Å². The normalized spacial score (nSPS) is 19.0. The number of benzene rings is 2. The number of hydrogen-bond acceptors (Lipinski definition) is 5. The lowest BCUT2D eigenvalue weighted by atomic mass is 9.96. The minimum atomic E-state index is -3.02. The molecule has 0 saturated carbocycles. The number of carbonyl (C=O) groups excluding carboxylic acids is 2. The molecule has 2 aliphatic heterocycles. The molecule has 35 heavy (non-hydrogen) atoms. The summed E-state index contributed by atoms with van der Waals surface area (Å²) in [5.74, 6) is -1.09. The summed E-state index contributed by atoms with van der Waals surface area (Å²) in [5, 5.41) is 3.08. The third-order valence-corrected chi connectivity index (χ3v) is 6.74. The number of halogens is 2. The average Bonchev–Trinajstić information content (AvgIpc) is 2.89. The molecule has 2 amide bonds. The van der Waals surface area contributed by atoms with Crippen molar-refractivity contribution in [2.24, 2.45) is 5.92 Å². The Morgan fingerprint density at radius 2 is 1.74 bits per heavy atom. The Labute approximate surface area is 204 Å². The number of piperazine rings is 1. The first kappa shape index (κ1) is 24.9. The van der Waals surface area contributed by atoms with Crippen molar-refractivity contribution in [3.8, 4) is 5.75 Å². The Balaban J connectivity index is 1.42. The Hall–Kier alpha value is -3.20. The predicted molar refractivity (Wildman–Crippen MR) is 131 cm³/mol. The van der Waals surface area contributed by atoms with Crippen LogP contribution in [-0.2, 0) is 4.79 Å². The first-order valence-electron chi connectivity index (χ1n) is 12.2. The van der Waals surface area contributed by atoms with Gasteiger partial charge >= 0.3 is 6.61 Å². The molecule has 2 heterocycles. The monoisotopic (exact) mass is 486 g/mol. The van der Waals surface area contributed by atoms with E-state index in [-0.39, 0.29) is 29.7 Å². The first-order chi connectivity index (χ1) is 17.0. The molecule has 4 rings (SSSR count). The second kappa shape index (κ2) is 11.5. The first-order valence-corrected chi connectivity index (χ1v) is 12.2. The number of amides is 2. The van der Waals surface area contributed by atoms with Gasteiger partial charge in [-0.3, -0.25) is 9.59 Å². The van der Waals surface area contributed by atoms with Crippen molar-refractivity contribution in [1.29, 1.82) is 0 Å². The number of ether oxygens (including phenoxy) is 1. The van der Waals surface area contributed by atoms with Gasteiger partial charge in [0, 0.05) is 39.3 Å². The van der Waals surface area contributed by atoms with Crippen molar-refractivity contribution in [2.45, 2.75) is 26.4 Å². The molecule has 2 fully saturated rings. The largest absolute Gasteiger partial charge is 0.434 e. The summed E-state index contributed by atoms with van der Waals surface area (Å²) in [5.41, 5.74) is 1.84. The molecule has 0 bridgehead atoms. The summed E-state index contributed by atoms with van der Waals surface area (Å²) in [6, 6.07) is 13.8. The highest BCUT2D eigenvalue weighted by atomic mass is 19.3. The van der Waals surface area contributed by atoms with Crippen LogP contribution in [0.5, 0.6) is 5.75 Å². The van der Waals surface area contributed by atoms with E-state index in [1.165, 1.54) is 12.1 Å². The van der Waals surface area contributed by atoms with Gasteiger partial charge in [0.05, 0.1) is 22.9 Å². The van der Waals surface area contributed by atoms with Crippen LogP contribution >= 0.6 is 0 Å². The second-order valence-corrected chi connectivity index (χ2v) is 8.89. The molecule has 0 aromatic heterocycles. The van der Waals surface area contributed by atoms with Gasteiger partial charge < -0.3 is 24.8 Å². The standard InChI is InChI=1S/C26H32F2N4O3/c1-2-30-14-16-31(17-15-30)22-11-5-4-10-21(22)29-24(33)19-8-7-13-32(18-19)25(34)20-9-3-6-12-23(20)35-26(27)28/h3-6,9-12,19,26H,2,7-8,13-18H2,1H3,(H,29,33). The summed E-state index contributed by atoms with van der Waals surface area (Å²) in [7, 11) is 0. The number of rotatable bonds is 7. The van der Waals surface area contributed by atoms with Gasteiger partial charge in [0.2, 0.25) is 5.91 Å². The third kappa shape index (κ3) is 6.08. The molecular formula is C26H32F2N4O3. The summed E-state index contributed by atoms with van der Waals surface area (Å²) < 4.78 is 30.1. The maximum atomic E-state index is 13.2. The van der Waals surface area contributed by atoms with Gasteiger partial charge in [0.1, 0.15) is 5.75 Å². The van der Waals surface area contributed by atoms with Crippen molar-refractivity contribution in [1.82, 2.24) is 9.80 Å². The topological polar surface area (TPSA) is 65.1 Å². The van der Waals surface area contributed by atoms with Crippen LogP contribution in [0.4, 0.5) is 20.2 Å². The Bertz CT molecular complexity index is 1030. The minimum Gasteiger partial charge on any atom is -0.434 e. The van der Waals surface area contributed by atoms with E-state index < -0.39 is 12.5 Å². The van der Waals surface area contributed by atoms with E-state index in [0.29, 0.717) is 19.4 Å². The number of likely N-dealkylation sites (N-methyl/N-ethyl adjacent to an activating group) is 1. The van der Waals surface area contributed by atoms with E-state index in [9.17, 15) is 18.4 Å². The SMILES string of the molecule is CCN1CCN(c2ccccc2NC(=O)C2CCCN(C(=O)c3ccccc3OC(F)F)C2)CC1. The highest BCUT2D eigenvalue weighted by Gasteiger charge is 2.31. The summed E-state index contributed by atoms with van der Waals surface area (Å²) in [4.78, 5) is 32.6. The van der Waals surface area contributed by atoms with Crippen molar-refractivity contribution < 1.29 is 23.1 Å². The van der Waals surface area contributed by atoms with Gasteiger partial charge in [-0.05, 0) is 43.7 Å². The molecule has 0 spiro atoms. The molecule has 1 N–H and O–H groups in total. The Morgan fingerprint density at radius 3 is 2.49 bits per heavy atom. The molecule has 0 aliphatic carbocycles. The van der Waals surface area contributed by atoms with Crippen molar-refractivity contribution in [3.63, 3.8) is 0 Å². The number of anilines is 2. The van der Waals surface area contributed by atoms with Gasteiger partial charge in [-0.1, -0.05) is 31.2 Å². The third-order valence-electron chi connectivity index (χ3n) is 6.74. The molecule has 1 atom stereocenters. The van der Waals surface area contributed by atoms with Gasteiger partial charge in [0.15, 0.2) is 0 Å². The van der Waals surface area contributed by atoms with Gasteiger partial charge in [-0.15, -0.1) is 0 Å². The van der Waals surface area contributed by atoms with E-state index >= 15 is 0 Å². The Kier molecular flexibility index (Phi) is 8.17. The van der Waals surface area contributed by atoms with E-state index in [0.717, 1.165) is 44.1 Å². The van der Waals surface area contributed by atoms with Crippen LogP contribution in [0.2, 0.25) is 0 Å². The second-order valence-electron chi connectivity index (χ2n) is 8.89. The quantitative estimate of drug-likeness (QED) is 0.643. The molecule has 2 saturated heterocycles. The summed E-state index contributed by atoms with van der Waals surface area (Å²) in [6.45, 7) is 4.61. The lowest BCUT2D eigenvalue weighted by molar-refractivity contribution is -0.121. The molecular weight excluding hydrogens is 454 g/mol. The Morgan fingerprint density at radius 1 is 1.03 bits per heavy atom. The van der Waals surface area contributed by atoms with Crippen LogP contribution in [-0.4, -0.2) is 74.0 Å². The zero-order valence-electron chi connectivity index (χ0n) is 20.0. The molecule has 1 unspecified atom stereocenters. The van der Waals surface area contributed by atoms with Crippen LogP contribution in [0.15, 0.2) is 48.5 Å². The number of likely N-dealkylation sites (tertiary alicyclic amines) is 1. The maximum absolute atomic E-state index is 13.2. The van der Waals surface area contributed by atoms with Crippen LogP contribution in [0, 0.1) is 5.92 Å². The highest BCUT2D eigenvalue weighted by molar-refractivity contribution is 5.99. The fraction of sp³-hybridized carbons (Fsp3) is 0.462. The number of hydrogen-bond donors (Lipinski definition) is 1. The molecule has 7 nitrogen and oxygen atoms in total. The zero-order chi connectivity index (χ0) is 24.8. The zero-order valence-corrected chi connectivity index (χ0v) is 20.0. The van der Waals surface area contributed by atoms with E-state index in [1.54, 1.807) is 17.0 Å². The van der Waals surface area contributed by atoms with E-state index in [1.807, 2.05) is 24.3 Å². The molecule has 9 heteroatoms. The average molecular weight is 487 g/mol. The lowest BCUT2D eigenvalue weighted by Crippen LogP contribution is -2.46.